The number of phenolic OH excluding ortho intramolecular Hbond substituents is 1. The van der Waals surface area contributed by atoms with Gasteiger partial charge in [-0.15, -0.1) is 0 Å². The number of hydrogen-bond acceptors (Lipinski definition) is 5. The Hall–Kier alpha value is -2.34. The highest BCUT2D eigenvalue weighted by Gasteiger charge is 2.22. The van der Waals surface area contributed by atoms with E-state index in [0.717, 1.165) is 31.9 Å². The molecule has 7 heteroatoms. The molecule has 0 aliphatic carbocycles. The lowest BCUT2D eigenvalue weighted by molar-refractivity contribution is 0.0945. The van der Waals surface area contributed by atoms with Crippen molar-refractivity contribution in [1.29, 1.82) is 0 Å². The second kappa shape index (κ2) is 7.49. The van der Waals surface area contributed by atoms with Gasteiger partial charge in [0.15, 0.2) is 0 Å². The van der Waals surface area contributed by atoms with Crippen LogP contribution < -0.4 is 10.2 Å². The number of rotatable bonds is 4. The fourth-order valence-electron chi connectivity index (χ4n) is 2.86. The molecule has 6 nitrogen and oxygen atoms in total. The third-order valence-electron chi connectivity index (χ3n) is 4.12. The standard InChI is InChI=1S/C17H19ClN4O2/c18-14-9-13(4-5-15(14)23)16(24)21-10-12-3-1-8-22(11-12)17-19-6-2-7-20-17/h2,4-7,9,12,23H,1,3,8,10-11H2,(H,21,24)/t12-/m1/s1. The molecule has 0 bridgehead atoms. The van der Waals surface area contributed by atoms with Crippen LogP contribution in [-0.2, 0) is 0 Å². The molecule has 1 aliphatic heterocycles. The molecule has 2 aromatic rings. The van der Waals surface area contributed by atoms with E-state index in [4.69, 9.17) is 11.6 Å². The minimum absolute atomic E-state index is 0.0287. The summed E-state index contributed by atoms with van der Waals surface area (Å²) in [6.45, 7) is 2.34. The summed E-state index contributed by atoms with van der Waals surface area (Å²) >= 11 is 5.84. The van der Waals surface area contributed by atoms with E-state index in [2.05, 4.69) is 20.2 Å². The molecular weight excluding hydrogens is 328 g/mol. The van der Waals surface area contributed by atoms with Crippen LogP contribution in [0.4, 0.5) is 5.95 Å². The molecule has 2 heterocycles. The third kappa shape index (κ3) is 3.94. The Morgan fingerprint density at radius 3 is 2.92 bits per heavy atom. The summed E-state index contributed by atoms with van der Waals surface area (Å²) in [5.41, 5.74) is 0.442. The number of phenols is 1. The van der Waals surface area contributed by atoms with Gasteiger partial charge < -0.3 is 15.3 Å². The Morgan fingerprint density at radius 1 is 1.38 bits per heavy atom. The monoisotopic (exact) mass is 346 g/mol. The van der Waals surface area contributed by atoms with Gasteiger partial charge in [0, 0.05) is 37.6 Å². The van der Waals surface area contributed by atoms with Gasteiger partial charge in [-0.3, -0.25) is 4.79 Å². The van der Waals surface area contributed by atoms with Gasteiger partial charge in [0.1, 0.15) is 5.75 Å². The molecule has 0 saturated carbocycles. The number of benzene rings is 1. The molecule has 1 saturated heterocycles. The average Bonchev–Trinajstić information content (AvgIpc) is 2.63. The number of piperidine rings is 1. The topological polar surface area (TPSA) is 78.4 Å². The van der Waals surface area contributed by atoms with E-state index in [1.54, 1.807) is 24.5 Å². The van der Waals surface area contributed by atoms with Crippen molar-refractivity contribution in [2.75, 3.05) is 24.5 Å². The Morgan fingerprint density at radius 2 is 2.17 bits per heavy atom. The van der Waals surface area contributed by atoms with Crippen LogP contribution in [0.3, 0.4) is 0 Å². The summed E-state index contributed by atoms with van der Waals surface area (Å²) < 4.78 is 0. The summed E-state index contributed by atoms with van der Waals surface area (Å²) in [6, 6.07) is 6.25. The maximum absolute atomic E-state index is 12.2. The highest BCUT2D eigenvalue weighted by atomic mass is 35.5. The molecule has 24 heavy (non-hydrogen) atoms. The molecule has 1 aromatic heterocycles. The summed E-state index contributed by atoms with van der Waals surface area (Å²) in [5, 5.41) is 12.5. The molecule has 1 aromatic carbocycles. The number of halogens is 1. The number of hydrogen-bond donors (Lipinski definition) is 2. The molecule has 1 amide bonds. The van der Waals surface area contributed by atoms with E-state index in [1.165, 1.54) is 12.1 Å². The number of carbonyl (C=O) groups is 1. The van der Waals surface area contributed by atoms with Crippen LogP contribution in [0.1, 0.15) is 23.2 Å². The number of carbonyl (C=O) groups excluding carboxylic acids is 1. The van der Waals surface area contributed by atoms with Crippen molar-refractivity contribution in [1.82, 2.24) is 15.3 Å². The summed E-state index contributed by atoms with van der Waals surface area (Å²) in [5.74, 6) is 0.863. The molecule has 3 rings (SSSR count). The van der Waals surface area contributed by atoms with E-state index in [0.29, 0.717) is 18.0 Å². The van der Waals surface area contributed by atoms with E-state index in [-0.39, 0.29) is 16.7 Å². The average molecular weight is 347 g/mol. The van der Waals surface area contributed by atoms with Crippen molar-refractivity contribution in [2.24, 2.45) is 5.92 Å². The van der Waals surface area contributed by atoms with Crippen LogP contribution in [0.25, 0.3) is 0 Å². The lowest BCUT2D eigenvalue weighted by Gasteiger charge is -2.32. The lowest BCUT2D eigenvalue weighted by Crippen LogP contribution is -2.41. The van der Waals surface area contributed by atoms with Crippen molar-refractivity contribution in [3.63, 3.8) is 0 Å². The van der Waals surface area contributed by atoms with Crippen LogP contribution in [0, 0.1) is 5.92 Å². The minimum Gasteiger partial charge on any atom is -0.506 e. The van der Waals surface area contributed by atoms with Crippen LogP contribution >= 0.6 is 11.6 Å². The van der Waals surface area contributed by atoms with Crippen LogP contribution in [-0.4, -0.2) is 40.6 Å². The van der Waals surface area contributed by atoms with Gasteiger partial charge in [-0.1, -0.05) is 11.6 Å². The normalized spacial score (nSPS) is 17.5. The number of nitrogens with zero attached hydrogens (tertiary/aromatic N) is 3. The van der Waals surface area contributed by atoms with Crippen LogP contribution in [0.2, 0.25) is 5.02 Å². The zero-order chi connectivity index (χ0) is 16.9. The Kier molecular flexibility index (Phi) is 5.15. The first-order valence-electron chi connectivity index (χ1n) is 7.92. The van der Waals surface area contributed by atoms with Crippen molar-refractivity contribution in [3.05, 3.63) is 47.2 Å². The summed E-state index contributed by atoms with van der Waals surface area (Å²) in [4.78, 5) is 22.9. The summed E-state index contributed by atoms with van der Waals surface area (Å²) in [6.07, 6.45) is 5.58. The van der Waals surface area contributed by atoms with E-state index < -0.39 is 0 Å². The van der Waals surface area contributed by atoms with Gasteiger partial charge >= 0.3 is 0 Å². The zero-order valence-electron chi connectivity index (χ0n) is 13.2. The molecule has 2 N–H and O–H groups in total. The molecule has 1 aliphatic rings. The van der Waals surface area contributed by atoms with Gasteiger partial charge in [-0.05, 0) is 43.0 Å². The largest absolute Gasteiger partial charge is 0.506 e. The minimum atomic E-state index is -0.190. The Balaban J connectivity index is 1.56. The first kappa shape index (κ1) is 16.5. The van der Waals surface area contributed by atoms with Gasteiger partial charge in [-0.25, -0.2) is 9.97 Å². The van der Waals surface area contributed by atoms with Crippen molar-refractivity contribution in [3.8, 4) is 5.75 Å². The molecule has 0 radical (unpaired) electrons. The molecular formula is C17H19ClN4O2. The number of nitrogens with one attached hydrogen (secondary N) is 1. The fourth-order valence-corrected chi connectivity index (χ4v) is 3.04. The third-order valence-corrected chi connectivity index (χ3v) is 4.42. The number of amides is 1. The summed E-state index contributed by atoms with van der Waals surface area (Å²) in [7, 11) is 0. The molecule has 1 fully saturated rings. The number of aromatic nitrogens is 2. The second-order valence-corrected chi connectivity index (χ2v) is 6.29. The van der Waals surface area contributed by atoms with Crippen LogP contribution in [0.15, 0.2) is 36.7 Å². The molecule has 0 spiro atoms. The molecule has 0 unspecified atom stereocenters. The highest BCUT2D eigenvalue weighted by Crippen LogP contribution is 2.24. The molecule has 1 atom stereocenters. The fraction of sp³-hybridized carbons (Fsp3) is 0.353. The first-order valence-corrected chi connectivity index (χ1v) is 8.30. The van der Waals surface area contributed by atoms with Gasteiger partial charge in [-0.2, -0.15) is 0 Å². The van der Waals surface area contributed by atoms with Gasteiger partial charge in [0.2, 0.25) is 5.95 Å². The Bertz CT molecular complexity index is 711. The van der Waals surface area contributed by atoms with Crippen LogP contribution in [0.5, 0.6) is 5.75 Å². The van der Waals surface area contributed by atoms with Gasteiger partial charge in [0.25, 0.3) is 5.91 Å². The quantitative estimate of drug-likeness (QED) is 0.889. The van der Waals surface area contributed by atoms with Crippen molar-refractivity contribution in [2.45, 2.75) is 12.8 Å². The highest BCUT2D eigenvalue weighted by molar-refractivity contribution is 6.32. The number of anilines is 1. The smallest absolute Gasteiger partial charge is 0.251 e. The van der Waals surface area contributed by atoms with Crippen molar-refractivity contribution < 1.29 is 9.90 Å². The maximum Gasteiger partial charge on any atom is 0.251 e. The second-order valence-electron chi connectivity index (χ2n) is 5.88. The Labute approximate surface area is 145 Å². The SMILES string of the molecule is O=C(NC[C@H]1CCCN(c2ncccn2)C1)c1ccc(O)c(Cl)c1. The predicted octanol–water partition coefficient (Wildman–Crippen LogP) is 2.48. The van der Waals surface area contributed by atoms with Crippen molar-refractivity contribution >= 4 is 23.5 Å². The molecule has 126 valence electrons. The van der Waals surface area contributed by atoms with Gasteiger partial charge in [0.05, 0.1) is 5.02 Å². The predicted molar refractivity (Wildman–Crippen MR) is 92.4 cm³/mol. The van der Waals surface area contributed by atoms with E-state index in [1.807, 2.05) is 0 Å². The van der Waals surface area contributed by atoms with E-state index in [9.17, 15) is 9.90 Å². The maximum atomic E-state index is 12.2. The lowest BCUT2D eigenvalue weighted by atomic mass is 9.98. The zero-order valence-corrected chi connectivity index (χ0v) is 13.9. The number of aromatic hydroxyl groups is 1. The first-order chi connectivity index (χ1) is 11.6. The van der Waals surface area contributed by atoms with E-state index >= 15 is 0 Å².